The van der Waals surface area contributed by atoms with E-state index < -0.39 is 0 Å². The van der Waals surface area contributed by atoms with Gasteiger partial charge >= 0.3 is 0 Å². The Morgan fingerprint density at radius 1 is 1.27 bits per heavy atom. The Hall–Kier alpha value is -0.830. The van der Waals surface area contributed by atoms with Crippen molar-refractivity contribution in [1.29, 1.82) is 0 Å². The molecule has 128 valence electrons. The number of hydrogen-bond donors (Lipinski definition) is 2. The standard InChI is InChI=1S/C15H29N5O.HI/c1-14(2)6-12-21-13-9-18-15(16-3)17-7-4-10-20-11-5-8-19-20;/h5,8,11,14H,4,6-7,9-10,12-13H2,1-3H3,(H2,16,17,18);1H. The highest BCUT2D eigenvalue weighted by atomic mass is 127. The number of halogens is 1. The summed E-state index contributed by atoms with van der Waals surface area (Å²) in [6.45, 7) is 8.50. The first kappa shape index (κ1) is 21.2. The average Bonchev–Trinajstić information content (AvgIpc) is 2.97. The summed E-state index contributed by atoms with van der Waals surface area (Å²) >= 11 is 0. The lowest BCUT2D eigenvalue weighted by atomic mass is 10.1. The predicted molar refractivity (Wildman–Crippen MR) is 102 cm³/mol. The van der Waals surface area contributed by atoms with Gasteiger partial charge in [0.25, 0.3) is 0 Å². The summed E-state index contributed by atoms with van der Waals surface area (Å²) in [5, 5.41) is 10.7. The Labute approximate surface area is 151 Å². The van der Waals surface area contributed by atoms with Crippen LogP contribution in [0.15, 0.2) is 23.5 Å². The molecular formula is C15H30IN5O. The Morgan fingerprint density at radius 2 is 2.05 bits per heavy atom. The molecule has 22 heavy (non-hydrogen) atoms. The fourth-order valence-electron chi connectivity index (χ4n) is 1.76. The van der Waals surface area contributed by atoms with Gasteiger partial charge in [0.1, 0.15) is 0 Å². The van der Waals surface area contributed by atoms with Crippen LogP contribution in [0, 0.1) is 5.92 Å². The first-order valence-electron chi connectivity index (χ1n) is 7.72. The van der Waals surface area contributed by atoms with Gasteiger partial charge in [-0.25, -0.2) is 0 Å². The average molecular weight is 423 g/mol. The second-order valence-electron chi connectivity index (χ2n) is 5.34. The monoisotopic (exact) mass is 423 g/mol. The van der Waals surface area contributed by atoms with Gasteiger partial charge in [0, 0.05) is 45.7 Å². The molecule has 0 aliphatic heterocycles. The number of ether oxygens (including phenoxy) is 1. The van der Waals surface area contributed by atoms with Crippen LogP contribution >= 0.6 is 24.0 Å². The van der Waals surface area contributed by atoms with Gasteiger partial charge in [0.05, 0.1) is 6.61 Å². The van der Waals surface area contributed by atoms with E-state index in [1.807, 2.05) is 16.9 Å². The van der Waals surface area contributed by atoms with Gasteiger partial charge in [-0.15, -0.1) is 24.0 Å². The molecule has 0 bridgehead atoms. The molecule has 0 saturated heterocycles. The first-order chi connectivity index (χ1) is 10.2. The third kappa shape index (κ3) is 10.8. The lowest BCUT2D eigenvalue weighted by molar-refractivity contribution is 0.128. The predicted octanol–water partition coefficient (Wildman–Crippen LogP) is 2.12. The number of aliphatic imine (C=N–C) groups is 1. The molecule has 6 nitrogen and oxygen atoms in total. The molecule has 2 N–H and O–H groups in total. The van der Waals surface area contributed by atoms with Crippen LogP contribution in [0.5, 0.6) is 0 Å². The van der Waals surface area contributed by atoms with Gasteiger partial charge < -0.3 is 15.4 Å². The number of hydrogen-bond acceptors (Lipinski definition) is 3. The van der Waals surface area contributed by atoms with Crippen LogP contribution in [0.4, 0.5) is 0 Å². The van der Waals surface area contributed by atoms with Crippen molar-refractivity contribution in [1.82, 2.24) is 20.4 Å². The van der Waals surface area contributed by atoms with Gasteiger partial charge in [0.15, 0.2) is 5.96 Å². The fraction of sp³-hybridized carbons (Fsp3) is 0.733. The van der Waals surface area contributed by atoms with Gasteiger partial charge in [-0.05, 0) is 24.8 Å². The third-order valence-electron chi connectivity index (χ3n) is 3.02. The fourth-order valence-corrected chi connectivity index (χ4v) is 1.76. The second-order valence-corrected chi connectivity index (χ2v) is 5.34. The molecule has 0 radical (unpaired) electrons. The number of aryl methyl sites for hydroxylation is 1. The number of nitrogens with one attached hydrogen (secondary N) is 2. The maximum Gasteiger partial charge on any atom is 0.191 e. The number of rotatable bonds is 10. The quantitative estimate of drug-likeness (QED) is 0.262. The lowest BCUT2D eigenvalue weighted by Crippen LogP contribution is -2.39. The Bertz CT molecular complexity index is 381. The summed E-state index contributed by atoms with van der Waals surface area (Å²) in [6, 6.07) is 1.94. The normalized spacial score (nSPS) is 11.4. The lowest BCUT2D eigenvalue weighted by Gasteiger charge is -2.12. The van der Waals surface area contributed by atoms with E-state index in [9.17, 15) is 0 Å². The van der Waals surface area contributed by atoms with E-state index in [2.05, 4.69) is 34.6 Å². The van der Waals surface area contributed by atoms with E-state index in [4.69, 9.17) is 4.74 Å². The Morgan fingerprint density at radius 3 is 2.68 bits per heavy atom. The second kappa shape index (κ2) is 13.8. The minimum atomic E-state index is 0. The first-order valence-corrected chi connectivity index (χ1v) is 7.72. The summed E-state index contributed by atoms with van der Waals surface area (Å²) in [4.78, 5) is 4.19. The zero-order valence-corrected chi connectivity index (χ0v) is 16.2. The highest BCUT2D eigenvalue weighted by molar-refractivity contribution is 14.0. The zero-order valence-electron chi connectivity index (χ0n) is 13.9. The molecule has 0 aliphatic carbocycles. The SMILES string of the molecule is CN=C(NCCCn1cccn1)NCCOCCC(C)C.I. The van der Waals surface area contributed by atoms with Gasteiger partial charge in [0.2, 0.25) is 0 Å². The molecule has 0 amide bonds. The van der Waals surface area contributed by atoms with E-state index in [1.165, 1.54) is 0 Å². The van der Waals surface area contributed by atoms with E-state index in [0.29, 0.717) is 12.5 Å². The summed E-state index contributed by atoms with van der Waals surface area (Å²) in [6.07, 6.45) is 5.89. The molecule has 0 aromatic carbocycles. The summed E-state index contributed by atoms with van der Waals surface area (Å²) < 4.78 is 7.49. The van der Waals surface area contributed by atoms with E-state index in [0.717, 1.165) is 45.0 Å². The molecule has 0 unspecified atom stereocenters. The minimum Gasteiger partial charge on any atom is -0.380 e. The van der Waals surface area contributed by atoms with E-state index >= 15 is 0 Å². The van der Waals surface area contributed by atoms with E-state index in [-0.39, 0.29) is 24.0 Å². The molecule has 1 heterocycles. The number of aromatic nitrogens is 2. The molecule has 0 saturated carbocycles. The van der Waals surface area contributed by atoms with Crippen LogP contribution in [0.1, 0.15) is 26.7 Å². The molecule has 7 heteroatoms. The smallest absolute Gasteiger partial charge is 0.191 e. The van der Waals surface area contributed by atoms with Crippen LogP contribution in [0.3, 0.4) is 0 Å². The third-order valence-corrected chi connectivity index (χ3v) is 3.02. The van der Waals surface area contributed by atoms with Gasteiger partial charge in [-0.1, -0.05) is 13.8 Å². The maximum atomic E-state index is 5.56. The molecule has 1 aromatic rings. The van der Waals surface area contributed by atoms with Crippen molar-refractivity contribution in [3.8, 4) is 0 Å². The number of guanidine groups is 1. The topological polar surface area (TPSA) is 63.5 Å². The zero-order chi connectivity index (χ0) is 15.3. The van der Waals surface area contributed by atoms with Crippen LogP contribution in [0.2, 0.25) is 0 Å². The van der Waals surface area contributed by atoms with Crippen molar-refractivity contribution >= 4 is 29.9 Å². The molecular weight excluding hydrogens is 393 g/mol. The van der Waals surface area contributed by atoms with Crippen LogP contribution in [-0.2, 0) is 11.3 Å². The van der Waals surface area contributed by atoms with Gasteiger partial charge in [-0.3, -0.25) is 9.67 Å². The van der Waals surface area contributed by atoms with Crippen molar-refractivity contribution in [3.05, 3.63) is 18.5 Å². The maximum absolute atomic E-state index is 5.56. The Balaban J connectivity index is 0.00000441. The van der Waals surface area contributed by atoms with E-state index in [1.54, 1.807) is 13.2 Å². The molecule has 1 aromatic heterocycles. The van der Waals surface area contributed by atoms with Crippen LogP contribution in [0.25, 0.3) is 0 Å². The van der Waals surface area contributed by atoms with Crippen molar-refractivity contribution in [2.45, 2.75) is 33.2 Å². The molecule has 0 spiro atoms. The van der Waals surface area contributed by atoms with Crippen LogP contribution in [-0.4, -0.2) is 49.1 Å². The molecule has 0 atom stereocenters. The Kier molecular flexibility index (Phi) is 13.3. The van der Waals surface area contributed by atoms with Crippen molar-refractivity contribution in [2.75, 3.05) is 33.4 Å². The van der Waals surface area contributed by atoms with Crippen molar-refractivity contribution < 1.29 is 4.74 Å². The summed E-state index contributed by atoms with van der Waals surface area (Å²) in [5.41, 5.74) is 0. The van der Waals surface area contributed by atoms with Crippen LogP contribution < -0.4 is 10.6 Å². The highest BCUT2D eigenvalue weighted by Gasteiger charge is 1.98. The molecule has 0 fully saturated rings. The van der Waals surface area contributed by atoms with Crippen molar-refractivity contribution in [3.63, 3.8) is 0 Å². The molecule has 0 aliphatic rings. The van der Waals surface area contributed by atoms with Gasteiger partial charge in [-0.2, -0.15) is 5.10 Å². The number of nitrogens with zero attached hydrogens (tertiary/aromatic N) is 3. The minimum absolute atomic E-state index is 0. The summed E-state index contributed by atoms with van der Waals surface area (Å²) in [7, 11) is 1.78. The molecule has 1 rings (SSSR count). The van der Waals surface area contributed by atoms with Crippen molar-refractivity contribution in [2.24, 2.45) is 10.9 Å². The highest BCUT2D eigenvalue weighted by Crippen LogP contribution is 1.98. The summed E-state index contributed by atoms with van der Waals surface area (Å²) in [5.74, 6) is 1.52. The largest absolute Gasteiger partial charge is 0.380 e.